The van der Waals surface area contributed by atoms with Crippen LogP contribution in [0.3, 0.4) is 0 Å². The molecule has 0 radical (unpaired) electrons. The molecule has 0 saturated heterocycles. The molecule has 1 atom stereocenters. The topological polar surface area (TPSA) is 58.2 Å². The second-order valence-electron chi connectivity index (χ2n) is 3.98. The Bertz CT molecular complexity index is 494. The minimum atomic E-state index is -3.78. The standard InChI is InChI=1S/C11H17FN2O2S.ClH/c1-8-4-5-10(12)11(6-8)17(15,16)14-7-9(2)13-3;/h4-6,9,13-14H,7H2,1-3H3;1H. The van der Waals surface area contributed by atoms with Crippen molar-refractivity contribution in [3.63, 3.8) is 0 Å². The molecule has 18 heavy (non-hydrogen) atoms. The van der Waals surface area contributed by atoms with E-state index in [1.54, 1.807) is 14.0 Å². The van der Waals surface area contributed by atoms with Crippen LogP contribution in [-0.2, 0) is 10.0 Å². The van der Waals surface area contributed by atoms with Crippen LogP contribution in [-0.4, -0.2) is 28.1 Å². The van der Waals surface area contributed by atoms with Gasteiger partial charge in [0.25, 0.3) is 0 Å². The van der Waals surface area contributed by atoms with Crippen LogP contribution < -0.4 is 10.0 Å². The molecule has 1 aromatic carbocycles. The molecule has 4 nitrogen and oxygen atoms in total. The summed E-state index contributed by atoms with van der Waals surface area (Å²) in [5, 5.41) is 2.89. The largest absolute Gasteiger partial charge is 0.316 e. The Morgan fingerprint density at radius 2 is 2.00 bits per heavy atom. The van der Waals surface area contributed by atoms with Gasteiger partial charge in [-0.3, -0.25) is 0 Å². The number of sulfonamides is 1. The van der Waals surface area contributed by atoms with Gasteiger partial charge < -0.3 is 5.32 Å². The Hall–Kier alpha value is -0.690. The third-order valence-corrected chi connectivity index (χ3v) is 3.89. The molecular formula is C11H18ClFN2O2S. The minimum Gasteiger partial charge on any atom is -0.316 e. The number of hydrogen-bond donors (Lipinski definition) is 2. The fraction of sp³-hybridized carbons (Fsp3) is 0.455. The quantitative estimate of drug-likeness (QED) is 0.864. The van der Waals surface area contributed by atoms with Crippen LogP contribution in [0.2, 0.25) is 0 Å². The second kappa shape index (κ2) is 7.04. The smallest absolute Gasteiger partial charge is 0.243 e. The number of halogens is 2. The van der Waals surface area contributed by atoms with E-state index in [0.717, 1.165) is 6.07 Å². The summed E-state index contributed by atoms with van der Waals surface area (Å²) in [4.78, 5) is -0.305. The number of benzene rings is 1. The predicted molar refractivity (Wildman–Crippen MR) is 72.1 cm³/mol. The number of likely N-dealkylation sites (N-methyl/N-ethyl adjacent to an activating group) is 1. The summed E-state index contributed by atoms with van der Waals surface area (Å²) >= 11 is 0. The van der Waals surface area contributed by atoms with Gasteiger partial charge in [0.15, 0.2) is 0 Å². The van der Waals surface area contributed by atoms with Crippen molar-refractivity contribution in [1.29, 1.82) is 0 Å². The Morgan fingerprint density at radius 1 is 1.39 bits per heavy atom. The van der Waals surface area contributed by atoms with Crippen molar-refractivity contribution in [3.05, 3.63) is 29.6 Å². The van der Waals surface area contributed by atoms with Gasteiger partial charge in [0.2, 0.25) is 10.0 Å². The monoisotopic (exact) mass is 296 g/mol. The first-order chi connectivity index (χ1) is 7.86. The van der Waals surface area contributed by atoms with E-state index in [-0.39, 0.29) is 29.9 Å². The molecule has 0 amide bonds. The molecule has 0 aliphatic carbocycles. The van der Waals surface area contributed by atoms with E-state index in [1.165, 1.54) is 12.1 Å². The third kappa shape index (κ3) is 4.53. The van der Waals surface area contributed by atoms with Gasteiger partial charge in [-0.2, -0.15) is 0 Å². The fourth-order valence-electron chi connectivity index (χ4n) is 1.23. The zero-order valence-corrected chi connectivity index (χ0v) is 12.2. The van der Waals surface area contributed by atoms with E-state index in [9.17, 15) is 12.8 Å². The molecule has 1 rings (SSSR count). The molecule has 0 heterocycles. The van der Waals surface area contributed by atoms with Crippen molar-refractivity contribution >= 4 is 22.4 Å². The molecule has 104 valence electrons. The Morgan fingerprint density at radius 3 is 2.56 bits per heavy atom. The van der Waals surface area contributed by atoms with E-state index in [4.69, 9.17) is 0 Å². The molecule has 0 fully saturated rings. The number of nitrogens with one attached hydrogen (secondary N) is 2. The average molecular weight is 297 g/mol. The lowest BCUT2D eigenvalue weighted by molar-refractivity contribution is 0.540. The van der Waals surface area contributed by atoms with Gasteiger partial charge in [-0.15, -0.1) is 12.4 Å². The van der Waals surface area contributed by atoms with Gasteiger partial charge in [-0.1, -0.05) is 6.07 Å². The average Bonchev–Trinajstić information content (AvgIpc) is 2.29. The van der Waals surface area contributed by atoms with Gasteiger partial charge in [0.1, 0.15) is 10.7 Å². The lowest BCUT2D eigenvalue weighted by Crippen LogP contribution is -2.37. The first-order valence-corrected chi connectivity index (χ1v) is 6.78. The van der Waals surface area contributed by atoms with Crippen molar-refractivity contribution in [2.24, 2.45) is 0 Å². The van der Waals surface area contributed by atoms with Crippen molar-refractivity contribution in [2.45, 2.75) is 24.8 Å². The van der Waals surface area contributed by atoms with Gasteiger partial charge in [0, 0.05) is 12.6 Å². The molecular weight excluding hydrogens is 279 g/mol. The molecule has 0 aliphatic heterocycles. The summed E-state index contributed by atoms with van der Waals surface area (Å²) in [6.45, 7) is 3.76. The zero-order chi connectivity index (χ0) is 13.1. The maximum Gasteiger partial charge on any atom is 0.243 e. The van der Waals surface area contributed by atoms with E-state index < -0.39 is 15.8 Å². The molecule has 1 unspecified atom stereocenters. The Labute approximate surface area is 113 Å². The zero-order valence-electron chi connectivity index (χ0n) is 10.5. The molecule has 0 spiro atoms. The third-order valence-electron chi connectivity index (χ3n) is 2.45. The van der Waals surface area contributed by atoms with Crippen LogP contribution >= 0.6 is 12.4 Å². The lowest BCUT2D eigenvalue weighted by Gasteiger charge is -2.12. The number of hydrogen-bond acceptors (Lipinski definition) is 3. The van der Waals surface area contributed by atoms with Crippen molar-refractivity contribution < 1.29 is 12.8 Å². The van der Waals surface area contributed by atoms with Crippen molar-refractivity contribution in [1.82, 2.24) is 10.0 Å². The van der Waals surface area contributed by atoms with Crippen LogP contribution in [0.4, 0.5) is 4.39 Å². The highest BCUT2D eigenvalue weighted by atomic mass is 35.5. The number of rotatable bonds is 5. The molecule has 0 aliphatic rings. The molecule has 7 heteroatoms. The minimum absolute atomic E-state index is 0. The van der Waals surface area contributed by atoms with Gasteiger partial charge in [0.05, 0.1) is 0 Å². The van der Waals surface area contributed by atoms with Crippen LogP contribution in [0, 0.1) is 12.7 Å². The highest BCUT2D eigenvalue weighted by Crippen LogP contribution is 2.15. The molecule has 0 aromatic heterocycles. The molecule has 2 N–H and O–H groups in total. The van der Waals surface area contributed by atoms with Crippen LogP contribution in [0.5, 0.6) is 0 Å². The van der Waals surface area contributed by atoms with Crippen LogP contribution in [0.15, 0.2) is 23.1 Å². The van der Waals surface area contributed by atoms with Crippen LogP contribution in [0.25, 0.3) is 0 Å². The van der Waals surface area contributed by atoms with Crippen molar-refractivity contribution in [2.75, 3.05) is 13.6 Å². The van der Waals surface area contributed by atoms with Gasteiger partial charge in [-0.25, -0.2) is 17.5 Å². The summed E-state index contributed by atoms with van der Waals surface area (Å²) in [5.41, 5.74) is 0.702. The molecule has 0 bridgehead atoms. The first-order valence-electron chi connectivity index (χ1n) is 5.30. The Kier molecular flexibility index (Phi) is 6.77. The van der Waals surface area contributed by atoms with Gasteiger partial charge in [-0.05, 0) is 38.6 Å². The van der Waals surface area contributed by atoms with Crippen LogP contribution in [0.1, 0.15) is 12.5 Å². The van der Waals surface area contributed by atoms with E-state index in [0.29, 0.717) is 5.56 Å². The first kappa shape index (κ1) is 17.3. The molecule has 1 aromatic rings. The highest BCUT2D eigenvalue weighted by molar-refractivity contribution is 7.89. The summed E-state index contributed by atoms with van der Waals surface area (Å²) in [6, 6.07) is 4.00. The predicted octanol–water partition coefficient (Wildman–Crippen LogP) is 1.44. The highest BCUT2D eigenvalue weighted by Gasteiger charge is 2.19. The maximum absolute atomic E-state index is 13.4. The van der Waals surface area contributed by atoms with E-state index >= 15 is 0 Å². The summed E-state index contributed by atoms with van der Waals surface area (Å²) in [5.74, 6) is -0.736. The summed E-state index contributed by atoms with van der Waals surface area (Å²) < 4.78 is 39.5. The second-order valence-corrected chi connectivity index (χ2v) is 5.71. The Balaban J connectivity index is 0.00000289. The normalized spacial score (nSPS) is 12.9. The molecule has 0 saturated carbocycles. The SMILES string of the molecule is CNC(C)CNS(=O)(=O)c1cc(C)ccc1F.Cl. The van der Waals surface area contributed by atoms with E-state index in [1.807, 2.05) is 6.92 Å². The maximum atomic E-state index is 13.4. The summed E-state index contributed by atoms with van der Waals surface area (Å²) in [7, 11) is -2.06. The number of aryl methyl sites for hydroxylation is 1. The summed E-state index contributed by atoms with van der Waals surface area (Å²) in [6.07, 6.45) is 0. The van der Waals surface area contributed by atoms with Crippen molar-refractivity contribution in [3.8, 4) is 0 Å². The lowest BCUT2D eigenvalue weighted by atomic mass is 10.2. The fourth-order valence-corrected chi connectivity index (χ4v) is 2.52. The van der Waals surface area contributed by atoms with E-state index in [2.05, 4.69) is 10.0 Å². The van der Waals surface area contributed by atoms with Gasteiger partial charge >= 0.3 is 0 Å².